The molecule has 2 rings (SSSR count). The molecule has 0 unspecified atom stereocenters. The monoisotopic (exact) mass is 250 g/mol. The van der Waals surface area contributed by atoms with Gasteiger partial charge in [0, 0.05) is 12.4 Å². The van der Waals surface area contributed by atoms with Gasteiger partial charge in [-0.25, -0.2) is 5.01 Å². The van der Waals surface area contributed by atoms with E-state index in [-0.39, 0.29) is 0 Å². The maximum absolute atomic E-state index is 5.61. The molecule has 0 spiro atoms. The molecule has 0 radical (unpaired) electrons. The summed E-state index contributed by atoms with van der Waals surface area (Å²) in [7, 11) is 0. The lowest BCUT2D eigenvalue weighted by Crippen LogP contribution is -2.26. The largest absolute Gasteiger partial charge is 0.353 e. The van der Waals surface area contributed by atoms with Crippen LogP contribution in [0.1, 0.15) is 5.56 Å². The van der Waals surface area contributed by atoms with Crippen molar-refractivity contribution in [1.82, 2.24) is 10.3 Å². The second kappa shape index (κ2) is 6.25. The Morgan fingerprint density at radius 1 is 1.35 bits per heavy atom. The van der Waals surface area contributed by atoms with E-state index in [0.717, 1.165) is 24.6 Å². The Morgan fingerprint density at radius 3 is 2.94 bits per heavy atom. The number of nitrogens with zero attached hydrogens (tertiary/aromatic N) is 3. The quantitative estimate of drug-likeness (QED) is 0.650. The fourth-order valence-electron chi connectivity index (χ4n) is 1.54. The standard InChI is InChI=1S/C12H15ClN4/c13-6-7-14-12-15-8-9-17(12)16-10-11-4-2-1-3-5-11/h1-5,10H,6-9H2,(H,14,15). The molecule has 0 atom stereocenters. The van der Waals surface area contributed by atoms with Gasteiger partial charge in [-0.05, 0) is 5.56 Å². The maximum atomic E-state index is 5.61. The number of hydrogen-bond donors (Lipinski definition) is 1. The minimum absolute atomic E-state index is 0.529. The summed E-state index contributed by atoms with van der Waals surface area (Å²) in [6, 6.07) is 10.0. The highest BCUT2D eigenvalue weighted by Crippen LogP contribution is 2.00. The molecular formula is C12H15ClN4. The van der Waals surface area contributed by atoms with Crippen LogP contribution in [-0.2, 0) is 0 Å². The first-order valence-corrected chi connectivity index (χ1v) is 6.14. The van der Waals surface area contributed by atoms with Gasteiger partial charge in [-0.2, -0.15) is 5.10 Å². The van der Waals surface area contributed by atoms with Gasteiger partial charge in [0.05, 0.1) is 19.3 Å². The molecule has 0 aliphatic carbocycles. The fourth-order valence-corrected chi connectivity index (χ4v) is 1.63. The van der Waals surface area contributed by atoms with E-state index in [0.29, 0.717) is 12.4 Å². The van der Waals surface area contributed by atoms with Crippen LogP contribution in [0.2, 0.25) is 0 Å². The third-order valence-corrected chi connectivity index (χ3v) is 2.51. The molecule has 5 heteroatoms. The summed E-state index contributed by atoms with van der Waals surface area (Å²) in [6.45, 7) is 2.32. The van der Waals surface area contributed by atoms with Gasteiger partial charge in [0.1, 0.15) is 0 Å². The molecule has 0 bridgehead atoms. The molecule has 1 aliphatic rings. The van der Waals surface area contributed by atoms with Crippen LogP contribution in [0.3, 0.4) is 0 Å². The normalized spacial score (nSPS) is 17.9. The number of hydrogen-bond acceptors (Lipinski definition) is 2. The molecule has 1 heterocycles. The Kier molecular flexibility index (Phi) is 4.38. The van der Waals surface area contributed by atoms with Gasteiger partial charge in [-0.1, -0.05) is 30.3 Å². The van der Waals surface area contributed by atoms with E-state index in [4.69, 9.17) is 11.6 Å². The Morgan fingerprint density at radius 2 is 2.18 bits per heavy atom. The van der Waals surface area contributed by atoms with Crippen LogP contribution >= 0.6 is 11.6 Å². The Hall–Kier alpha value is -1.55. The number of rotatable bonds is 4. The van der Waals surface area contributed by atoms with Gasteiger partial charge in [-0.3, -0.25) is 4.99 Å². The van der Waals surface area contributed by atoms with Crippen LogP contribution in [0, 0.1) is 0 Å². The molecule has 1 fully saturated rings. The zero-order chi connectivity index (χ0) is 11.9. The van der Waals surface area contributed by atoms with Crippen molar-refractivity contribution in [2.75, 3.05) is 25.5 Å². The highest BCUT2D eigenvalue weighted by Gasteiger charge is 2.15. The third-order valence-electron chi connectivity index (χ3n) is 2.34. The fraction of sp³-hybridized carbons (Fsp3) is 0.333. The highest BCUT2D eigenvalue weighted by atomic mass is 35.5. The van der Waals surface area contributed by atoms with Crippen molar-refractivity contribution < 1.29 is 0 Å². The lowest BCUT2D eigenvalue weighted by Gasteiger charge is -2.10. The van der Waals surface area contributed by atoms with E-state index in [9.17, 15) is 0 Å². The predicted molar refractivity (Wildman–Crippen MR) is 71.8 cm³/mol. The van der Waals surface area contributed by atoms with Gasteiger partial charge >= 0.3 is 0 Å². The zero-order valence-corrected chi connectivity index (χ0v) is 10.3. The van der Waals surface area contributed by atoms with Crippen LogP contribution in [-0.4, -0.2) is 42.7 Å². The van der Waals surface area contributed by atoms with Crippen LogP contribution in [0.5, 0.6) is 0 Å². The van der Waals surface area contributed by atoms with Gasteiger partial charge < -0.3 is 5.32 Å². The molecule has 90 valence electrons. The van der Waals surface area contributed by atoms with Crippen molar-refractivity contribution >= 4 is 23.8 Å². The van der Waals surface area contributed by atoms with E-state index >= 15 is 0 Å². The Labute approximate surface area is 106 Å². The summed E-state index contributed by atoms with van der Waals surface area (Å²) in [5.74, 6) is 1.33. The number of aliphatic imine (C=N–C) groups is 1. The van der Waals surface area contributed by atoms with Crippen molar-refractivity contribution in [1.29, 1.82) is 0 Å². The summed E-state index contributed by atoms with van der Waals surface area (Å²) in [5.41, 5.74) is 1.08. The van der Waals surface area contributed by atoms with Crippen LogP contribution in [0.25, 0.3) is 0 Å². The summed E-state index contributed by atoms with van der Waals surface area (Å²) < 4.78 is 0. The molecule has 1 aliphatic heterocycles. The number of alkyl halides is 1. The van der Waals surface area contributed by atoms with Crippen molar-refractivity contribution in [3.05, 3.63) is 35.9 Å². The topological polar surface area (TPSA) is 40.0 Å². The van der Waals surface area contributed by atoms with Crippen molar-refractivity contribution in [3.8, 4) is 0 Å². The van der Waals surface area contributed by atoms with E-state index in [2.05, 4.69) is 15.4 Å². The van der Waals surface area contributed by atoms with Crippen LogP contribution < -0.4 is 5.32 Å². The van der Waals surface area contributed by atoms with E-state index in [1.807, 2.05) is 41.6 Å². The highest BCUT2D eigenvalue weighted by molar-refractivity contribution is 6.18. The summed E-state index contributed by atoms with van der Waals surface area (Å²) >= 11 is 5.61. The van der Waals surface area contributed by atoms with Gasteiger partial charge in [0.25, 0.3) is 0 Å². The molecular weight excluding hydrogens is 236 g/mol. The number of benzene rings is 1. The molecule has 0 aromatic heterocycles. The molecule has 17 heavy (non-hydrogen) atoms. The lowest BCUT2D eigenvalue weighted by atomic mass is 10.2. The zero-order valence-electron chi connectivity index (χ0n) is 9.51. The minimum atomic E-state index is 0.529. The predicted octanol–water partition coefficient (Wildman–Crippen LogP) is 1.52. The average Bonchev–Trinajstić information content (AvgIpc) is 2.82. The van der Waals surface area contributed by atoms with Gasteiger partial charge in [0.15, 0.2) is 0 Å². The molecule has 0 amide bonds. The first-order chi connectivity index (χ1) is 8.40. The average molecular weight is 251 g/mol. The number of nitrogens with one attached hydrogen (secondary N) is 1. The van der Waals surface area contributed by atoms with Crippen LogP contribution in [0.15, 0.2) is 40.4 Å². The van der Waals surface area contributed by atoms with Crippen molar-refractivity contribution in [2.24, 2.45) is 10.1 Å². The Balaban J connectivity index is 2.00. The Bertz CT molecular complexity index is 402. The SMILES string of the molecule is ClCCN=C1NCCN1N=Cc1ccccc1. The second-order valence-electron chi connectivity index (χ2n) is 3.60. The van der Waals surface area contributed by atoms with Gasteiger partial charge in [0.2, 0.25) is 5.96 Å². The van der Waals surface area contributed by atoms with Gasteiger partial charge in [-0.15, -0.1) is 11.6 Å². The van der Waals surface area contributed by atoms with E-state index in [1.54, 1.807) is 0 Å². The van der Waals surface area contributed by atoms with Crippen molar-refractivity contribution in [2.45, 2.75) is 0 Å². The first-order valence-electron chi connectivity index (χ1n) is 5.61. The number of hydrazone groups is 1. The lowest BCUT2D eigenvalue weighted by molar-refractivity contribution is 0.496. The number of guanidine groups is 1. The molecule has 4 nitrogen and oxygen atoms in total. The summed E-state index contributed by atoms with van der Waals surface area (Å²) in [5, 5.41) is 9.44. The molecule has 0 saturated carbocycles. The maximum Gasteiger partial charge on any atom is 0.214 e. The summed E-state index contributed by atoms with van der Waals surface area (Å²) in [6.07, 6.45) is 1.84. The van der Waals surface area contributed by atoms with Crippen LogP contribution in [0.4, 0.5) is 0 Å². The first kappa shape index (κ1) is 11.9. The van der Waals surface area contributed by atoms with Crippen molar-refractivity contribution in [3.63, 3.8) is 0 Å². The molecule has 1 N–H and O–H groups in total. The van der Waals surface area contributed by atoms with E-state index in [1.165, 1.54) is 0 Å². The number of halogens is 1. The molecule has 1 aromatic carbocycles. The molecule has 1 aromatic rings. The minimum Gasteiger partial charge on any atom is -0.353 e. The summed E-state index contributed by atoms with van der Waals surface area (Å²) in [4.78, 5) is 4.32. The smallest absolute Gasteiger partial charge is 0.214 e. The van der Waals surface area contributed by atoms with E-state index < -0.39 is 0 Å². The second-order valence-corrected chi connectivity index (χ2v) is 3.98. The third kappa shape index (κ3) is 3.46. The molecule has 1 saturated heterocycles.